The Bertz CT molecular complexity index is 1080. The molecule has 3 rings (SSSR count). The van der Waals surface area contributed by atoms with Gasteiger partial charge in [-0.1, -0.05) is 0 Å². The van der Waals surface area contributed by atoms with Crippen molar-refractivity contribution in [2.24, 2.45) is 0 Å². The molecule has 0 bridgehead atoms. The van der Waals surface area contributed by atoms with Gasteiger partial charge in [0.1, 0.15) is 11.6 Å². The number of ether oxygens (including phenoxy) is 1. The Hall–Kier alpha value is -3.37. The third kappa shape index (κ3) is 3.82. The van der Waals surface area contributed by atoms with Crippen molar-refractivity contribution in [3.63, 3.8) is 0 Å². The Kier molecular flexibility index (Phi) is 5.62. The molecule has 0 radical (unpaired) electrons. The smallest absolute Gasteiger partial charge is 0.266 e. The predicted octanol–water partition coefficient (Wildman–Crippen LogP) is 3.73. The van der Waals surface area contributed by atoms with Gasteiger partial charge < -0.3 is 14.6 Å². The van der Waals surface area contributed by atoms with E-state index in [1.54, 1.807) is 25.4 Å². The normalized spacial score (nSPS) is 12.8. The number of aromatic amines is 1. The lowest BCUT2D eigenvalue weighted by molar-refractivity contribution is -0.112. The number of nitriles is 1. The van der Waals surface area contributed by atoms with E-state index < -0.39 is 5.91 Å². The molecule has 1 unspecified atom stereocenters. The summed E-state index contributed by atoms with van der Waals surface area (Å²) >= 11 is 0. The van der Waals surface area contributed by atoms with Gasteiger partial charge in [0, 0.05) is 29.6 Å². The van der Waals surface area contributed by atoms with E-state index in [4.69, 9.17) is 4.74 Å². The number of aromatic nitrogens is 3. The average molecular weight is 377 g/mol. The molecule has 0 spiro atoms. The van der Waals surface area contributed by atoms with Crippen LogP contribution in [-0.4, -0.2) is 34.4 Å². The molecule has 0 aliphatic rings. The van der Waals surface area contributed by atoms with Gasteiger partial charge in [-0.15, -0.1) is 0 Å². The van der Waals surface area contributed by atoms with Gasteiger partial charge in [0.25, 0.3) is 5.91 Å². The molecule has 1 atom stereocenters. The molecular formula is C21H23N5O2. The summed E-state index contributed by atoms with van der Waals surface area (Å²) in [6.45, 7) is 6.63. The molecule has 1 amide bonds. The van der Waals surface area contributed by atoms with Gasteiger partial charge in [-0.2, -0.15) is 10.4 Å². The second kappa shape index (κ2) is 8.11. The number of nitrogens with zero attached hydrogens (tertiary/aromatic N) is 3. The quantitative estimate of drug-likeness (QED) is 0.505. The highest BCUT2D eigenvalue weighted by Crippen LogP contribution is 2.23. The van der Waals surface area contributed by atoms with E-state index in [2.05, 4.69) is 27.0 Å². The molecule has 2 aromatic heterocycles. The van der Waals surface area contributed by atoms with Crippen LogP contribution in [0.25, 0.3) is 17.0 Å². The summed E-state index contributed by atoms with van der Waals surface area (Å²) in [7, 11) is 1.67. The first-order valence-electron chi connectivity index (χ1n) is 8.98. The zero-order valence-corrected chi connectivity index (χ0v) is 16.4. The van der Waals surface area contributed by atoms with Crippen LogP contribution < -0.4 is 5.32 Å². The monoisotopic (exact) mass is 377 g/mol. The lowest BCUT2D eigenvalue weighted by atomic mass is 10.1. The maximum Gasteiger partial charge on any atom is 0.266 e. The minimum Gasteiger partial charge on any atom is -0.383 e. The topological polar surface area (TPSA) is 95.7 Å². The van der Waals surface area contributed by atoms with Crippen molar-refractivity contribution in [3.05, 3.63) is 53.0 Å². The lowest BCUT2D eigenvalue weighted by Gasteiger charge is -2.17. The molecule has 144 valence electrons. The Balaban J connectivity index is 1.86. The van der Waals surface area contributed by atoms with Crippen LogP contribution in [0.4, 0.5) is 5.69 Å². The van der Waals surface area contributed by atoms with Crippen molar-refractivity contribution >= 4 is 28.6 Å². The number of rotatable bonds is 6. The summed E-state index contributed by atoms with van der Waals surface area (Å²) in [5.41, 5.74) is 4.43. The number of anilines is 1. The van der Waals surface area contributed by atoms with Crippen LogP contribution in [0.3, 0.4) is 0 Å². The van der Waals surface area contributed by atoms with Crippen LogP contribution in [-0.2, 0) is 9.53 Å². The van der Waals surface area contributed by atoms with Crippen molar-refractivity contribution in [3.8, 4) is 6.07 Å². The van der Waals surface area contributed by atoms with Gasteiger partial charge in [-0.05, 0) is 56.7 Å². The Morgan fingerprint density at radius 1 is 1.43 bits per heavy atom. The van der Waals surface area contributed by atoms with E-state index in [9.17, 15) is 10.1 Å². The number of nitrogens with one attached hydrogen (secondary N) is 2. The molecule has 2 N–H and O–H groups in total. The number of fused-ring (bicyclic) bond motifs is 1. The fourth-order valence-electron chi connectivity index (χ4n) is 3.47. The number of carbonyl (C=O) groups is 1. The molecule has 3 aromatic rings. The van der Waals surface area contributed by atoms with Crippen molar-refractivity contribution in [2.75, 3.05) is 19.0 Å². The molecule has 1 aromatic carbocycles. The molecular weight excluding hydrogens is 354 g/mol. The Labute approximate surface area is 163 Å². The summed E-state index contributed by atoms with van der Waals surface area (Å²) < 4.78 is 7.40. The molecule has 28 heavy (non-hydrogen) atoms. The first-order valence-corrected chi connectivity index (χ1v) is 8.98. The zero-order valence-electron chi connectivity index (χ0n) is 16.4. The highest BCUT2D eigenvalue weighted by molar-refractivity contribution is 6.10. The number of benzene rings is 1. The zero-order chi connectivity index (χ0) is 20.3. The first kappa shape index (κ1) is 19.4. The number of aryl methyl sites for hydroxylation is 1. The van der Waals surface area contributed by atoms with Gasteiger partial charge in [0.15, 0.2) is 0 Å². The maximum absolute atomic E-state index is 12.6. The Morgan fingerprint density at radius 3 is 2.93 bits per heavy atom. The predicted molar refractivity (Wildman–Crippen MR) is 109 cm³/mol. The second-order valence-corrected chi connectivity index (χ2v) is 6.80. The number of hydrogen-bond donors (Lipinski definition) is 2. The molecule has 0 aliphatic carbocycles. The molecule has 7 heteroatoms. The number of carbonyl (C=O) groups excluding carboxylic acids is 1. The largest absolute Gasteiger partial charge is 0.383 e. The van der Waals surface area contributed by atoms with Gasteiger partial charge in [0.05, 0.1) is 24.4 Å². The summed E-state index contributed by atoms with van der Waals surface area (Å²) in [5, 5.41) is 20.0. The van der Waals surface area contributed by atoms with E-state index >= 15 is 0 Å². The third-order valence-electron chi connectivity index (χ3n) is 4.74. The second-order valence-electron chi connectivity index (χ2n) is 6.80. The Morgan fingerprint density at radius 2 is 2.21 bits per heavy atom. The summed E-state index contributed by atoms with van der Waals surface area (Å²) in [5.74, 6) is -0.444. The van der Waals surface area contributed by atoms with Crippen LogP contribution >= 0.6 is 0 Å². The first-order chi connectivity index (χ1) is 13.4. The van der Waals surface area contributed by atoms with E-state index in [1.165, 1.54) is 0 Å². The van der Waals surface area contributed by atoms with Crippen LogP contribution in [0.5, 0.6) is 0 Å². The van der Waals surface area contributed by atoms with Gasteiger partial charge in [0.2, 0.25) is 0 Å². The fourth-order valence-corrected chi connectivity index (χ4v) is 3.47. The van der Waals surface area contributed by atoms with E-state index in [0.717, 1.165) is 27.9 Å². The minimum absolute atomic E-state index is 0.0481. The average Bonchev–Trinajstić information content (AvgIpc) is 3.23. The molecule has 0 fully saturated rings. The van der Waals surface area contributed by atoms with E-state index in [0.29, 0.717) is 12.3 Å². The van der Waals surface area contributed by atoms with Gasteiger partial charge in [-0.25, -0.2) is 0 Å². The fraction of sp³-hybridized carbons (Fsp3) is 0.286. The van der Waals surface area contributed by atoms with Crippen molar-refractivity contribution < 1.29 is 9.53 Å². The van der Waals surface area contributed by atoms with Crippen LogP contribution in [0.2, 0.25) is 0 Å². The molecule has 2 heterocycles. The van der Waals surface area contributed by atoms with Gasteiger partial charge in [-0.3, -0.25) is 9.89 Å². The van der Waals surface area contributed by atoms with E-state index in [-0.39, 0.29) is 11.6 Å². The summed E-state index contributed by atoms with van der Waals surface area (Å²) in [6.07, 6.45) is 3.31. The standard InChI is InChI=1S/C21H23N5O2/c1-13-7-16(15(3)26(13)14(2)12-28-4)8-17(10-22)21(27)24-19-5-6-20-18(9-19)11-23-25-20/h5-9,11,14H,12H2,1-4H3,(H,23,25)(H,24,27)/b17-8+. The highest BCUT2D eigenvalue weighted by atomic mass is 16.5. The SMILES string of the molecule is COCC(C)n1c(C)cc(/C=C(\C#N)C(=O)Nc2ccc3[nH]ncc3c2)c1C. The maximum atomic E-state index is 12.6. The van der Waals surface area contributed by atoms with Crippen LogP contribution in [0, 0.1) is 25.2 Å². The molecule has 7 nitrogen and oxygen atoms in total. The number of methoxy groups -OCH3 is 1. The van der Waals surface area contributed by atoms with Crippen molar-refractivity contribution in [1.29, 1.82) is 5.26 Å². The molecule has 0 saturated heterocycles. The molecule has 0 aliphatic heterocycles. The van der Waals surface area contributed by atoms with Crippen LogP contribution in [0.1, 0.15) is 29.9 Å². The van der Waals surface area contributed by atoms with Crippen molar-refractivity contribution in [2.45, 2.75) is 26.8 Å². The number of amides is 1. The lowest BCUT2D eigenvalue weighted by Crippen LogP contribution is -2.14. The van der Waals surface area contributed by atoms with Gasteiger partial charge >= 0.3 is 0 Å². The highest BCUT2D eigenvalue weighted by Gasteiger charge is 2.16. The van der Waals surface area contributed by atoms with E-state index in [1.807, 2.05) is 38.1 Å². The number of H-pyrrole nitrogens is 1. The number of hydrogen-bond acceptors (Lipinski definition) is 4. The van der Waals surface area contributed by atoms with Crippen molar-refractivity contribution in [1.82, 2.24) is 14.8 Å². The molecule has 0 saturated carbocycles. The summed E-state index contributed by atoms with van der Waals surface area (Å²) in [4.78, 5) is 12.6. The summed E-state index contributed by atoms with van der Waals surface area (Å²) in [6, 6.07) is 9.56. The minimum atomic E-state index is -0.444. The third-order valence-corrected chi connectivity index (χ3v) is 4.74. The van der Waals surface area contributed by atoms with Crippen LogP contribution in [0.15, 0.2) is 36.0 Å².